The highest BCUT2D eigenvalue weighted by Crippen LogP contribution is 2.30. The van der Waals surface area contributed by atoms with Crippen molar-refractivity contribution in [2.75, 3.05) is 19.8 Å². The van der Waals surface area contributed by atoms with Crippen molar-refractivity contribution in [3.63, 3.8) is 0 Å². The molecule has 14 heteroatoms. The molecule has 0 aromatic rings. The monoisotopic (exact) mass is 1090 g/mol. The molecule has 0 saturated carbocycles. The Morgan fingerprint density at radius 2 is 0.829 bits per heavy atom. The molecule has 2 heterocycles. The molecular formula is C62H119NO13. The highest BCUT2D eigenvalue weighted by molar-refractivity contribution is 5.76. The number of carbonyl (C=O) groups excluding carboxylic acids is 1. The smallest absolute Gasteiger partial charge is 0.220 e. The van der Waals surface area contributed by atoms with E-state index in [0.717, 1.165) is 51.4 Å². The Hall–Kier alpha value is -1.27. The van der Waals surface area contributed by atoms with Gasteiger partial charge < -0.3 is 65.1 Å². The van der Waals surface area contributed by atoms with Crippen LogP contribution in [-0.4, -0.2) is 140 Å². The SMILES string of the molecule is CCCCCCCCCC/C=C\CCCCCCCCCCCCCCCCCC(=O)NC(COC1OC(CO)C(OC2OC(CO)C(O)C(O)C2O)C(O)C1O)C(O)CCCCCCCCCCCCCCCCC. The number of amides is 1. The van der Waals surface area contributed by atoms with E-state index < -0.39 is 86.8 Å². The van der Waals surface area contributed by atoms with E-state index in [-0.39, 0.29) is 12.5 Å². The van der Waals surface area contributed by atoms with Crippen molar-refractivity contribution in [3.8, 4) is 0 Å². The quantitative estimate of drug-likeness (QED) is 0.0204. The van der Waals surface area contributed by atoms with Gasteiger partial charge in [0.05, 0.1) is 32.0 Å². The first-order chi connectivity index (χ1) is 37.1. The Kier molecular flexibility index (Phi) is 45.1. The fourth-order valence-electron chi connectivity index (χ4n) is 10.8. The van der Waals surface area contributed by atoms with Crippen LogP contribution in [0, 0.1) is 0 Å². The van der Waals surface area contributed by atoms with Crippen molar-refractivity contribution in [3.05, 3.63) is 12.2 Å². The molecule has 0 radical (unpaired) electrons. The first-order valence-corrected chi connectivity index (χ1v) is 31.9. The van der Waals surface area contributed by atoms with Crippen molar-refractivity contribution in [1.29, 1.82) is 0 Å². The largest absolute Gasteiger partial charge is 0.394 e. The average Bonchev–Trinajstić information content (AvgIpc) is 3.42. The van der Waals surface area contributed by atoms with Crippen LogP contribution in [0.2, 0.25) is 0 Å². The molecule has 0 spiro atoms. The molecule has 0 aliphatic carbocycles. The Bertz CT molecular complexity index is 1330. The van der Waals surface area contributed by atoms with Crippen LogP contribution in [0.1, 0.15) is 284 Å². The number of rotatable bonds is 52. The number of aliphatic hydroxyl groups excluding tert-OH is 8. The number of hydrogen-bond donors (Lipinski definition) is 9. The molecule has 76 heavy (non-hydrogen) atoms. The van der Waals surface area contributed by atoms with Crippen LogP contribution < -0.4 is 5.32 Å². The third-order valence-corrected chi connectivity index (χ3v) is 16.0. The van der Waals surface area contributed by atoms with Gasteiger partial charge in [-0.2, -0.15) is 0 Å². The second-order valence-electron chi connectivity index (χ2n) is 22.9. The maximum atomic E-state index is 13.3. The lowest BCUT2D eigenvalue weighted by atomic mass is 9.97. The van der Waals surface area contributed by atoms with Crippen LogP contribution in [0.3, 0.4) is 0 Å². The standard InChI is InChI=1S/C62H119NO13/c1-3-5-7-9-11-13-15-17-19-20-21-22-23-24-25-26-27-28-29-30-32-34-36-38-40-42-44-46-54(67)63-50(51(66)45-43-41-39-37-35-33-31-18-16-14-12-10-8-6-4-2)49-73-61-59(72)57(70)60(53(48-65)75-61)76-62-58(71)56(69)55(68)52(47-64)74-62/h20-21,50-53,55-62,64-66,68-72H,3-19,22-49H2,1-2H3,(H,63,67)/b21-20-. The molecular weight excluding hydrogens is 967 g/mol. The van der Waals surface area contributed by atoms with E-state index in [9.17, 15) is 45.6 Å². The Labute approximate surface area is 463 Å². The Morgan fingerprint density at radius 1 is 0.461 bits per heavy atom. The zero-order valence-electron chi connectivity index (χ0n) is 48.5. The molecule has 450 valence electrons. The summed E-state index contributed by atoms with van der Waals surface area (Å²) in [5, 5.41) is 87.3. The van der Waals surface area contributed by atoms with E-state index >= 15 is 0 Å². The van der Waals surface area contributed by atoms with E-state index in [1.807, 2.05) is 0 Å². The van der Waals surface area contributed by atoms with Gasteiger partial charge in [-0.05, 0) is 38.5 Å². The van der Waals surface area contributed by atoms with Crippen LogP contribution in [0.5, 0.6) is 0 Å². The molecule has 2 fully saturated rings. The summed E-state index contributed by atoms with van der Waals surface area (Å²) in [5.74, 6) is -0.202. The van der Waals surface area contributed by atoms with E-state index in [2.05, 4.69) is 31.3 Å². The first kappa shape index (κ1) is 70.8. The number of aliphatic hydroxyl groups is 8. The van der Waals surface area contributed by atoms with Gasteiger partial charge in [-0.25, -0.2) is 0 Å². The number of ether oxygens (including phenoxy) is 4. The lowest BCUT2D eigenvalue weighted by Crippen LogP contribution is -2.65. The molecule has 2 rings (SSSR count). The number of allylic oxidation sites excluding steroid dienone is 2. The van der Waals surface area contributed by atoms with Crippen molar-refractivity contribution in [2.45, 2.75) is 357 Å². The second kappa shape index (κ2) is 48.4. The van der Waals surface area contributed by atoms with Gasteiger partial charge in [0.1, 0.15) is 48.8 Å². The highest BCUT2D eigenvalue weighted by atomic mass is 16.7. The lowest BCUT2D eigenvalue weighted by Gasteiger charge is -2.46. The van der Waals surface area contributed by atoms with Gasteiger partial charge in [-0.3, -0.25) is 4.79 Å². The topological polar surface area (TPSA) is 228 Å². The van der Waals surface area contributed by atoms with Crippen molar-refractivity contribution >= 4 is 5.91 Å². The number of unbranched alkanes of at least 4 members (excludes halogenated alkanes) is 37. The fraction of sp³-hybridized carbons (Fsp3) is 0.952. The van der Waals surface area contributed by atoms with Crippen molar-refractivity contribution in [2.24, 2.45) is 0 Å². The van der Waals surface area contributed by atoms with Crippen LogP contribution in [0.15, 0.2) is 12.2 Å². The summed E-state index contributed by atoms with van der Waals surface area (Å²) >= 11 is 0. The zero-order chi connectivity index (χ0) is 55.3. The van der Waals surface area contributed by atoms with Gasteiger partial charge in [-0.15, -0.1) is 0 Å². The summed E-state index contributed by atoms with van der Waals surface area (Å²) in [6.07, 6.45) is 39.3. The first-order valence-electron chi connectivity index (χ1n) is 31.9. The zero-order valence-corrected chi connectivity index (χ0v) is 48.5. The lowest BCUT2D eigenvalue weighted by molar-refractivity contribution is -0.359. The third-order valence-electron chi connectivity index (χ3n) is 16.0. The second-order valence-corrected chi connectivity index (χ2v) is 22.9. The molecule has 0 aromatic heterocycles. The maximum absolute atomic E-state index is 13.3. The van der Waals surface area contributed by atoms with Crippen LogP contribution in [0.25, 0.3) is 0 Å². The minimum absolute atomic E-state index is 0.202. The molecule has 0 aromatic carbocycles. The fourth-order valence-corrected chi connectivity index (χ4v) is 10.8. The Morgan fingerprint density at radius 3 is 1.25 bits per heavy atom. The van der Waals surface area contributed by atoms with E-state index in [0.29, 0.717) is 12.8 Å². The molecule has 1 amide bonds. The van der Waals surface area contributed by atoms with E-state index in [4.69, 9.17) is 18.9 Å². The van der Waals surface area contributed by atoms with Gasteiger partial charge in [0, 0.05) is 6.42 Å². The molecule has 2 saturated heterocycles. The van der Waals surface area contributed by atoms with Crippen molar-refractivity contribution < 1.29 is 64.6 Å². The number of carbonyl (C=O) groups is 1. The predicted octanol–water partition coefficient (Wildman–Crippen LogP) is 11.5. The van der Waals surface area contributed by atoms with E-state index in [1.165, 1.54) is 205 Å². The molecule has 9 N–H and O–H groups in total. The minimum Gasteiger partial charge on any atom is -0.394 e. The third kappa shape index (κ3) is 33.5. The summed E-state index contributed by atoms with van der Waals surface area (Å²) in [6, 6.07) is -0.825. The molecule has 2 aliphatic rings. The van der Waals surface area contributed by atoms with Crippen LogP contribution in [-0.2, 0) is 23.7 Å². The summed E-state index contributed by atoms with van der Waals surface area (Å²) in [7, 11) is 0. The van der Waals surface area contributed by atoms with Gasteiger partial charge >= 0.3 is 0 Å². The molecule has 12 unspecified atom stereocenters. The normalized spacial score (nSPS) is 24.9. The van der Waals surface area contributed by atoms with Crippen molar-refractivity contribution in [1.82, 2.24) is 5.32 Å². The summed E-state index contributed by atoms with van der Waals surface area (Å²) in [4.78, 5) is 13.3. The summed E-state index contributed by atoms with van der Waals surface area (Å²) in [5.41, 5.74) is 0. The number of nitrogens with one attached hydrogen (secondary N) is 1. The number of hydrogen-bond acceptors (Lipinski definition) is 13. The molecule has 12 atom stereocenters. The molecule has 2 aliphatic heterocycles. The maximum Gasteiger partial charge on any atom is 0.220 e. The van der Waals surface area contributed by atoms with Gasteiger partial charge in [-0.1, -0.05) is 251 Å². The molecule has 0 bridgehead atoms. The van der Waals surface area contributed by atoms with Crippen LogP contribution >= 0.6 is 0 Å². The van der Waals surface area contributed by atoms with Gasteiger partial charge in [0.15, 0.2) is 12.6 Å². The Balaban J connectivity index is 1.68. The summed E-state index contributed by atoms with van der Waals surface area (Å²) < 4.78 is 22.9. The predicted molar refractivity (Wildman–Crippen MR) is 305 cm³/mol. The average molecular weight is 1090 g/mol. The summed E-state index contributed by atoms with van der Waals surface area (Å²) in [6.45, 7) is 2.89. The van der Waals surface area contributed by atoms with Gasteiger partial charge in [0.2, 0.25) is 5.91 Å². The van der Waals surface area contributed by atoms with E-state index in [1.54, 1.807) is 0 Å². The molecule has 14 nitrogen and oxygen atoms in total. The minimum atomic E-state index is -1.78. The van der Waals surface area contributed by atoms with Gasteiger partial charge in [0.25, 0.3) is 0 Å². The highest BCUT2D eigenvalue weighted by Gasteiger charge is 2.51. The van der Waals surface area contributed by atoms with Crippen LogP contribution in [0.4, 0.5) is 0 Å².